The molecule has 8 heteroatoms. The summed E-state index contributed by atoms with van der Waals surface area (Å²) in [5, 5.41) is 12.9. The van der Waals surface area contributed by atoms with Gasteiger partial charge >= 0.3 is 0 Å². The maximum absolute atomic E-state index is 8.65. The summed E-state index contributed by atoms with van der Waals surface area (Å²) in [6.45, 7) is 1.82. The molecule has 0 bridgehead atoms. The maximum atomic E-state index is 8.65. The van der Waals surface area contributed by atoms with Crippen molar-refractivity contribution in [3.05, 3.63) is 29.8 Å². The topological polar surface area (TPSA) is 102 Å². The zero-order valence-corrected chi connectivity index (χ0v) is 10.7. The van der Waals surface area contributed by atoms with Crippen LogP contribution in [0.4, 0.5) is 0 Å². The highest BCUT2D eigenvalue weighted by Gasteiger charge is 2.09. The first-order valence-corrected chi connectivity index (χ1v) is 5.90. The Bertz CT molecular complexity index is 594. The summed E-state index contributed by atoms with van der Waals surface area (Å²) in [7, 11) is 1.88. The third kappa shape index (κ3) is 2.59. The number of rotatable bonds is 3. The van der Waals surface area contributed by atoms with Crippen LogP contribution in [-0.4, -0.2) is 30.6 Å². The van der Waals surface area contributed by atoms with Crippen LogP contribution in [0.3, 0.4) is 0 Å². The molecule has 0 aliphatic heterocycles. The molecule has 0 aliphatic rings. The second-order valence-electron chi connectivity index (χ2n) is 3.59. The summed E-state index contributed by atoms with van der Waals surface area (Å²) < 4.78 is 1.86. The Hall–Kier alpha value is -2.09. The first-order valence-electron chi connectivity index (χ1n) is 5.09. The minimum Gasteiger partial charge on any atom is -0.409 e. The molecule has 2 aromatic heterocycles. The number of nitrogens with zero attached hydrogens (tertiary/aromatic N) is 5. The summed E-state index contributed by atoms with van der Waals surface area (Å²) in [6.07, 6.45) is 3.53. The van der Waals surface area contributed by atoms with Crippen molar-refractivity contribution >= 4 is 17.6 Å². The minimum atomic E-state index is -0.0396. The smallest absolute Gasteiger partial charge is 0.196 e. The molecular weight excluding hydrogens is 252 g/mol. The lowest BCUT2D eigenvalue weighted by Gasteiger charge is -2.04. The zero-order valence-electron chi connectivity index (χ0n) is 9.90. The Balaban J connectivity index is 2.34. The van der Waals surface area contributed by atoms with E-state index >= 15 is 0 Å². The van der Waals surface area contributed by atoms with Gasteiger partial charge in [0.25, 0.3) is 0 Å². The van der Waals surface area contributed by atoms with Gasteiger partial charge < -0.3 is 15.5 Å². The summed E-state index contributed by atoms with van der Waals surface area (Å²) in [5.74, 6) is -0.0396. The fourth-order valence-electron chi connectivity index (χ4n) is 1.30. The lowest BCUT2D eigenvalue weighted by Crippen LogP contribution is -2.16. The van der Waals surface area contributed by atoms with Gasteiger partial charge in [-0.15, -0.1) is 0 Å². The third-order valence-electron chi connectivity index (χ3n) is 2.16. The first-order chi connectivity index (χ1) is 8.60. The third-order valence-corrected chi connectivity index (χ3v) is 3.10. The summed E-state index contributed by atoms with van der Waals surface area (Å²) >= 11 is 1.31. The SMILES string of the molecule is Cc1cc(/C(N)=N/O)nc(Sc2nccn2C)n1. The molecule has 18 heavy (non-hydrogen) atoms. The van der Waals surface area contributed by atoms with Crippen molar-refractivity contribution in [3.8, 4) is 0 Å². The number of aromatic nitrogens is 4. The van der Waals surface area contributed by atoms with Gasteiger partial charge in [0.15, 0.2) is 16.1 Å². The van der Waals surface area contributed by atoms with E-state index in [0.717, 1.165) is 10.9 Å². The van der Waals surface area contributed by atoms with E-state index in [1.165, 1.54) is 11.8 Å². The molecule has 2 aromatic rings. The molecule has 0 aliphatic carbocycles. The fraction of sp³-hybridized carbons (Fsp3) is 0.200. The van der Waals surface area contributed by atoms with Crippen LogP contribution in [0.5, 0.6) is 0 Å². The molecule has 0 unspecified atom stereocenters. The fourth-order valence-corrected chi connectivity index (χ4v) is 2.12. The summed E-state index contributed by atoms with van der Waals surface area (Å²) in [4.78, 5) is 12.6. The number of oxime groups is 1. The normalized spacial score (nSPS) is 11.8. The predicted molar refractivity (Wildman–Crippen MR) is 66.6 cm³/mol. The van der Waals surface area contributed by atoms with E-state index in [1.54, 1.807) is 12.3 Å². The Morgan fingerprint density at radius 1 is 1.50 bits per heavy atom. The number of amidine groups is 1. The van der Waals surface area contributed by atoms with Gasteiger partial charge in [0.1, 0.15) is 5.69 Å². The Labute approximate surface area is 108 Å². The average molecular weight is 264 g/mol. The highest BCUT2D eigenvalue weighted by Crippen LogP contribution is 2.22. The second kappa shape index (κ2) is 5.05. The van der Waals surface area contributed by atoms with Gasteiger partial charge in [-0.05, 0) is 24.8 Å². The molecule has 2 heterocycles. The number of hydrogen-bond donors (Lipinski definition) is 2. The lowest BCUT2D eigenvalue weighted by molar-refractivity contribution is 0.318. The number of aryl methyl sites for hydroxylation is 2. The van der Waals surface area contributed by atoms with E-state index < -0.39 is 0 Å². The standard InChI is InChI=1S/C10H12N6OS/c1-6-5-7(8(11)15-17)14-9(13-6)18-10-12-3-4-16(10)2/h3-5,17H,1-2H3,(H2,11,15). The van der Waals surface area contributed by atoms with E-state index in [0.29, 0.717) is 10.9 Å². The highest BCUT2D eigenvalue weighted by molar-refractivity contribution is 7.99. The molecule has 0 atom stereocenters. The molecule has 3 N–H and O–H groups in total. The van der Waals surface area contributed by atoms with Gasteiger partial charge in [-0.2, -0.15) is 0 Å². The van der Waals surface area contributed by atoms with Crippen molar-refractivity contribution in [2.75, 3.05) is 0 Å². The Morgan fingerprint density at radius 3 is 2.89 bits per heavy atom. The van der Waals surface area contributed by atoms with Crippen LogP contribution in [-0.2, 0) is 7.05 Å². The summed E-state index contributed by atoms with van der Waals surface area (Å²) in [5.41, 5.74) is 6.64. The van der Waals surface area contributed by atoms with Crippen LogP contribution in [0.2, 0.25) is 0 Å². The van der Waals surface area contributed by atoms with Gasteiger partial charge in [-0.1, -0.05) is 5.16 Å². The lowest BCUT2D eigenvalue weighted by atomic mass is 10.3. The van der Waals surface area contributed by atoms with Crippen molar-refractivity contribution in [3.63, 3.8) is 0 Å². The van der Waals surface area contributed by atoms with Gasteiger partial charge in [-0.3, -0.25) is 0 Å². The zero-order chi connectivity index (χ0) is 13.1. The summed E-state index contributed by atoms with van der Waals surface area (Å²) in [6, 6.07) is 1.65. The number of imidazole rings is 1. The van der Waals surface area contributed by atoms with E-state index in [-0.39, 0.29) is 5.84 Å². The number of nitrogens with two attached hydrogens (primary N) is 1. The molecule has 0 amide bonds. The van der Waals surface area contributed by atoms with E-state index in [1.807, 2.05) is 24.7 Å². The van der Waals surface area contributed by atoms with Crippen LogP contribution >= 0.6 is 11.8 Å². The predicted octanol–water partition coefficient (Wildman–Crippen LogP) is 0.764. The molecule has 2 rings (SSSR count). The molecule has 0 aromatic carbocycles. The Kier molecular flexibility index (Phi) is 3.47. The van der Waals surface area contributed by atoms with Crippen LogP contribution in [0.15, 0.2) is 33.9 Å². The van der Waals surface area contributed by atoms with E-state index in [2.05, 4.69) is 20.1 Å². The van der Waals surface area contributed by atoms with Crippen molar-refractivity contribution in [2.24, 2.45) is 17.9 Å². The van der Waals surface area contributed by atoms with Crippen LogP contribution in [0.25, 0.3) is 0 Å². The average Bonchev–Trinajstić information content (AvgIpc) is 2.73. The highest BCUT2D eigenvalue weighted by atomic mass is 32.2. The molecule has 0 spiro atoms. The largest absolute Gasteiger partial charge is 0.409 e. The number of hydrogen-bond acceptors (Lipinski definition) is 6. The van der Waals surface area contributed by atoms with Gasteiger partial charge in [0, 0.05) is 25.1 Å². The maximum Gasteiger partial charge on any atom is 0.196 e. The van der Waals surface area contributed by atoms with Crippen LogP contribution in [0.1, 0.15) is 11.4 Å². The van der Waals surface area contributed by atoms with Crippen LogP contribution in [0, 0.1) is 6.92 Å². The molecule has 0 radical (unpaired) electrons. The molecule has 7 nitrogen and oxygen atoms in total. The monoisotopic (exact) mass is 264 g/mol. The molecule has 94 valence electrons. The minimum absolute atomic E-state index is 0.0396. The Morgan fingerprint density at radius 2 is 2.28 bits per heavy atom. The molecular formula is C10H12N6OS. The van der Waals surface area contributed by atoms with Gasteiger partial charge in [-0.25, -0.2) is 15.0 Å². The second-order valence-corrected chi connectivity index (χ2v) is 4.52. The van der Waals surface area contributed by atoms with Gasteiger partial charge in [0.05, 0.1) is 0 Å². The van der Waals surface area contributed by atoms with Crippen LogP contribution < -0.4 is 5.73 Å². The van der Waals surface area contributed by atoms with Crippen molar-refractivity contribution in [2.45, 2.75) is 17.2 Å². The first kappa shape index (κ1) is 12.4. The van der Waals surface area contributed by atoms with Crippen molar-refractivity contribution in [1.29, 1.82) is 0 Å². The van der Waals surface area contributed by atoms with Crippen molar-refractivity contribution < 1.29 is 5.21 Å². The molecule has 0 saturated carbocycles. The van der Waals surface area contributed by atoms with E-state index in [9.17, 15) is 0 Å². The quantitative estimate of drug-likeness (QED) is 0.279. The van der Waals surface area contributed by atoms with Gasteiger partial charge in [0.2, 0.25) is 0 Å². The van der Waals surface area contributed by atoms with E-state index in [4.69, 9.17) is 10.9 Å². The molecule has 0 fully saturated rings. The van der Waals surface area contributed by atoms with Crippen molar-refractivity contribution in [1.82, 2.24) is 19.5 Å². The molecule has 0 saturated heterocycles.